The van der Waals surface area contributed by atoms with Crippen LogP contribution >= 0.6 is 0 Å². The number of hydrogen-bond acceptors (Lipinski definition) is 2. The standard InChI is InChI=1S/C9H20N2O/c1-5-6-10-8(2)7-11(4)9(3)12/h8,10H,5-7H2,1-4H3. The van der Waals surface area contributed by atoms with Crippen molar-refractivity contribution in [3.05, 3.63) is 0 Å². The van der Waals surface area contributed by atoms with Crippen LogP contribution in [0.4, 0.5) is 0 Å². The summed E-state index contributed by atoms with van der Waals surface area (Å²) in [6, 6.07) is 0.388. The highest BCUT2D eigenvalue weighted by Gasteiger charge is 2.06. The molecule has 0 radical (unpaired) electrons. The first-order chi connectivity index (χ1) is 5.57. The van der Waals surface area contributed by atoms with E-state index in [1.165, 1.54) is 0 Å². The molecular formula is C9H20N2O. The monoisotopic (exact) mass is 172 g/mol. The summed E-state index contributed by atoms with van der Waals surface area (Å²) in [5.41, 5.74) is 0. The van der Waals surface area contributed by atoms with Crippen LogP contribution in [0, 0.1) is 0 Å². The van der Waals surface area contributed by atoms with Crippen LogP contribution in [0.5, 0.6) is 0 Å². The van der Waals surface area contributed by atoms with Gasteiger partial charge in [0.1, 0.15) is 0 Å². The van der Waals surface area contributed by atoms with Crippen LogP contribution < -0.4 is 5.32 Å². The molecule has 1 unspecified atom stereocenters. The number of amides is 1. The highest BCUT2D eigenvalue weighted by molar-refractivity contribution is 5.72. The van der Waals surface area contributed by atoms with Gasteiger partial charge in [-0.25, -0.2) is 0 Å². The summed E-state index contributed by atoms with van der Waals surface area (Å²) in [4.78, 5) is 12.6. The summed E-state index contributed by atoms with van der Waals surface area (Å²) in [7, 11) is 1.83. The van der Waals surface area contributed by atoms with Crippen LogP contribution in [-0.4, -0.2) is 37.0 Å². The molecule has 72 valence electrons. The molecule has 0 aromatic carbocycles. The lowest BCUT2D eigenvalue weighted by molar-refractivity contribution is -0.127. The maximum atomic E-state index is 10.9. The number of likely N-dealkylation sites (N-methyl/N-ethyl adjacent to an activating group) is 1. The Morgan fingerprint density at radius 2 is 2.17 bits per heavy atom. The van der Waals surface area contributed by atoms with E-state index in [0.29, 0.717) is 6.04 Å². The molecule has 0 aliphatic heterocycles. The van der Waals surface area contributed by atoms with Crippen LogP contribution in [0.3, 0.4) is 0 Å². The van der Waals surface area contributed by atoms with E-state index in [0.717, 1.165) is 19.5 Å². The number of nitrogens with zero attached hydrogens (tertiary/aromatic N) is 1. The first-order valence-corrected chi connectivity index (χ1v) is 4.53. The van der Waals surface area contributed by atoms with Crippen molar-refractivity contribution >= 4 is 5.91 Å². The van der Waals surface area contributed by atoms with Crippen molar-refractivity contribution in [2.75, 3.05) is 20.1 Å². The molecule has 3 nitrogen and oxygen atoms in total. The molecule has 0 fully saturated rings. The van der Waals surface area contributed by atoms with Crippen LogP contribution in [0.1, 0.15) is 27.2 Å². The number of carbonyl (C=O) groups excluding carboxylic acids is 1. The van der Waals surface area contributed by atoms with Crippen LogP contribution in [-0.2, 0) is 4.79 Å². The van der Waals surface area contributed by atoms with Crippen molar-refractivity contribution in [3.63, 3.8) is 0 Å². The fourth-order valence-corrected chi connectivity index (χ4v) is 0.995. The molecule has 0 saturated carbocycles. The van der Waals surface area contributed by atoms with Gasteiger partial charge in [-0.05, 0) is 19.9 Å². The third-order valence-electron chi connectivity index (χ3n) is 1.83. The second kappa shape index (κ2) is 6.00. The Hall–Kier alpha value is -0.570. The molecule has 0 heterocycles. The highest BCUT2D eigenvalue weighted by Crippen LogP contribution is 1.89. The van der Waals surface area contributed by atoms with Crippen LogP contribution in [0.25, 0.3) is 0 Å². The minimum absolute atomic E-state index is 0.125. The molecule has 1 N–H and O–H groups in total. The second-order valence-electron chi connectivity index (χ2n) is 3.25. The summed E-state index contributed by atoms with van der Waals surface area (Å²) in [6.45, 7) is 7.62. The summed E-state index contributed by atoms with van der Waals surface area (Å²) >= 11 is 0. The molecular weight excluding hydrogens is 152 g/mol. The molecule has 0 rings (SSSR count). The molecule has 0 aliphatic carbocycles. The van der Waals surface area contributed by atoms with Gasteiger partial charge in [0.05, 0.1) is 0 Å². The summed E-state index contributed by atoms with van der Waals surface area (Å²) in [6.07, 6.45) is 1.13. The van der Waals surface area contributed by atoms with E-state index >= 15 is 0 Å². The van der Waals surface area contributed by atoms with Gasteiger partial charge in [0.15, 0.2) is 0 Å². The number of nitrogens with one attached hydrogen (secondary N) is 1. The lowest BCUT2D eigenvalue weighted by atomic mass is 10.3. The Balaban J connectivity index is 3.53. The van der Waals surface area contributed by atoms with Gasteiger partial charge in [-0.15, -0.1) is 0 Å². The number of hydrogen-bond donors (Lipinski definition) is 1. The van der Waals surface area contributed by atoms with E-state index in [-0.39, 0.29) is 5.91 Å². The third-order valence-corrected chi connectivity index (χ3v) is 1.83. The van der Waals surface area contributed by atoms with Crippen molar-refractivity contribution in [2.24, 2.45) is 0 Å². The topological polar surface area (TPSA) is 32.3 Å². The average Bonchev–Trinajstić information content (AvgIpc) is 2.00. The first-order valence-electron chi connectivity index (χ1n) is 4.53. The molecule has 0 bridgehead atoms. The summed E-state index contributed by atoms with van der Waals surface area (Å²) in [5, 5.41) is 3.32. The van der Waals surface area contributed by atoms with Crippen molar-refractivity contribution < 1.29 is 4.79 Å². The fourth-order valence-electron chi connectivity index (χ4n) is 0.995. The second-order valence-corrected chi connectivity index (χ2v) is 3.25. The summed E-state index contributed by atoms with van der Waals surface area (Å²) in [5.74, 6) is 0.125. The molecule has 0 aromatic heterocycles. The van der Waals surface area contributed by atoms with Gasteiger partial charge in [-0.1, -0.05) is 6.92 Å². The first kappa shape index (κ1) is 11.4. The molecule has 0 aliphatic rings. The predicted octanol–water partition coefficient (Wildman–Crippen LogP) is 0.853. The minimum Gasteiger partial charge on any atom is -0.344 e. The Morgan fingerprint density at radius 3 is 2.58 bits per heavy atom. The van der Waals surface area contributed by atoms with Crippen molar-refractivity contribution in [1.82, 2.24) is 10.2 Å². The van der Waals surface area contributed by atoms with E-state index in [1.807, 2.05) is 7.05 Å². The zero-order valence-electron chi connectivity index (χ0n) is 8.55. The Labute approximate surface area is 75.1 Å². The van der Waals surface area contributed by atoms with Crippen molar-refractivity contribution in [3.8, 4) is 0 Å². The molecule has 0 saturated heterocycles. The van der Waals surface area contributed by atoms with E-state index < -0.39 is 0 Å². The van der Waals surface area contributed by atoms with Gasteiger partial charge >= 0.3 is 0 Å². The average molecular weight is 172 g/mol. The third kappa shape index (κ3) is 5.13. The van der Waals surface area contributed by atoms with Gasteiger partial charge < -0.3 is 10.2 Å². The van der Waals surface area contributed by atoms with Crippen LogP contribution in [0.2, 0.25) is 0 Å². The van der Waals surface area contributed by atoms with Crippen molar-refractivity contribution in [1.29, 1.82) is 0 Å². The van der Waals surface area contributed by atoms with E-state index in [1.54, 1.807) is 11.8 Å². The van der Waals surface area contributed by atoms with E-state index in [2.05, 4.69) is 19.2 Å². The van der Waals surface area contributed by atoms with Gasteiger partial charge in [-0.3, -0.25) is 4.79 Å². The number of carbonyl (C=O) groups is 1. The maximum absolute atomic E-state index is 10.9. The Kier molecular flexibility index (Phi) is 5.72. The maximum Gasteiger partial charge on any atom is 0.219 e. The smallest absolute Gasteiger partial charge is 0.219 e. The normalized spacial score (nSPS) is 12.7. The molecule has 1 amide bonds. The predicted molar refractivity (Wildman–Crippen MR) is 51.1 cm³/mol. The molecule has 12 heavy (non-hydrogen) atoms. The van der Waals surface area contributed by atoms with Gasteiger partial charge in [0.25, 0.3) is 0 Å². The van der Waals surface area contributed by atoms with Gasteiger partial charge in [0, 0.05) is 26.6 Å². The van der Waals surface area contributed by atoms with Crippen LogP contribution in [0.15, 0.2) is 0 Å². The minimum atomic E-state index is 0.125. The quantitative estimate of drug-likeness (QED) is 0.667. The van der Waals surface area contributed by atoms with Crippen molar-refractivity contribution in [2.45, 2.75) is 33.2 Å². The highest BCUT2D eigenvalue weighted by atomic mass is 16.2. The van der Waals surface area contributed by atoms with E-state index in [4.69, 9.17) is 0 Å². The largest absolute Gasteiger partial charge is 0.344 e. The zero-order chi connectivity index (χ0) is 9.56. The lowest BCUT2D eigenvalue weighted by Crippen LogP contribution is -2.39. The molecule has 3 heteroatoms. The molecule has 0 spiro atoms. The van der Waals surface area contributed by atoms with Gasteiger partial charge in [-0.2, -0.15) is 0 Å². The fraction of sp³-hybridized carbons (Fsp3) is 0.889. The van der Waals surface area contributed by atoms with E-state index in [9.17, 15) is 4.79 Å². The molecule has 1 atom stereocenters. The summed E-state index contributed by atoms with van der Waals surface area (Å²) < 4.78 is 0. The Morgan fingerprint density at radius 1 is 1.58 bits per heavy atom. The molecule has 0 aromatic rings. The zero-order valence-corrected chi connectivity index (χ0v) is 8.55. The number of rotatable bonds is 5. The Bertz CT molecular complexity index is 136. The van der Waals surface area contributed by atoms with Gasteiger partial charge in [0.2, 0.25) is 5.91 Å². The SMILES string of the molecule is CCCNC(C)CN(C)C(C)=O. The lowest BCUT2D eigenvalue weighted by Gasteiger charge is -2.20.